The van der Waals surface area contributed by atoms with Crippen molar-refractivity contribution in [3.05, 3.63) is 60.9 Å². The molecule has 3 aromatic rings. The third-order valence-electron chi connectivity index (χ3n) is 3.10. The molecular weight excluding hydrogens is 324 g/mol. The molecule has 9 nitrogen and oxygen atoms in total. The van der Waals surface area contributed by atoms with E-state index in [1.807, 2.05) is 6.07 Å². The van der Waals surface area contributed by atoms with Crippen LogP contribution >= 0.6 is 0 Å². The summed E-state index contributed by atoms with van der Waals surface area (Å²) in [6, 6.07) is 15.0. The first-order chi connectivity index (χ1) is 12.2. The minimum absolute atomic E-state index is 0.285. The van der Waals surface area contributed by atoms with E-state index in [9.17, 15) is 9.59 Å². The molecule has 2 aromatic carbocycles. The van der Waals surface area contributed by atoms with Gasteiger partial charge in [-0.15, -0.1) is 5.10 Å². The number of hydrogen-bond donors (Lipinski definition) is 2. The highest BCUT2D eigenvalue weighted by Gasteiger charge is 2.09. The average Bonchev–Trinajstić information content (AvgIpc) is 3.16. The Kier molecular flexibility index (Phi) is 4.95. The SMILES string of the molecule is O=C(COc1ccc(-n2cnnn2)cc1)NC(=O)Nc1ccccc1. The minimum Gasteiger partial charge on any atom is -0.484 e. The van der Waals surface area contributed by atoms with Gasteiger partial charge in [-0.1, -0.05) is 18.2 Å². The van der Waals surface area contributed by atoms with Gasteiger partial charge in [-0.25, -0.2) is 9.48 Å². The van der Waals surface area contributed by atoms with Crippen LogP contribution in [0.5, 0.6) is 5.75 Å². The smallest absolute Gasteiger partial charge is 0.325 e. The molecular formula is C16H14N6O3. The number of urea groups is 1. The molecule has 1 heterocycles. The van der Waals surface area contributed by atoms with E-state index >= 15 is 0 Å². The molecule has 0 saturated heterocycles. The number of amides is 3. The predicted octanol–water partition coefficient (Wildman–Crippen LogP) is 1.39. The largest absolute Gasteiger partial charge is 0.484 e. The summed E-state index contributed by atoms with van der Waals surface area (Å²) in [5.74, 6) is -0.0755. The second kappa shape index (κ2) is 7.68. The fourth-order valence-corrected chi connectivity index (χ4v) is 1.97. The number of imide groups is 1. The van der Waals surface area contributed by atoms with Gasteiger partial charge in [-0.2, -0.15) is 0 Å². The number of anilines is 1. The van der Waals surface area contributed by atoms with Crippen LogP contribution in [0.15, 0.2) is 60.9 Å². The Labute approximate surface area is 142 Å². The molecule has 0 radical (unpaired) electrons. The number of rotatable bonds is 5. The highest BCUT2D eigenvalue weighted by molar-refractivity contribution is 6.01. The van der Waals surface area contributed by atoms with Crippen molar-refractivity contribution in [3.63, 3.8) is 0 Å². The summed E-state index contributed by atoms with van der Waals surface area (Å²) in [7, 11) is 0. The number of tetrazole rings is 1. The average molecular weight is 338 g/mol. The maximum absolute atomic E-state index is 11.7. The van der Waals surface area contributed by atoms with Crippen molar-refractivity contribution in [3.8, 4) is 11.4 Å². The van der Waals surface area contributed by atoms with E-state index in [0.717, 1.165) is 5.69 Å². The van der Waals surface area contributed by atoms with E-state index in [4.69, 9.17) is 4.74 Å². The fraction of sp³-hybridized carbons (Fsp3) is 0.0625. The number of carbonyl (C=O) groups is 2. The lowest BCUT2D eigenvalue weighted by molar-refractivity contribution is -0.121. The quantitative estimate of drug-likeness (QED) is 0.727. The summed E-state index contributed by atoms with van der Waals surface area (Å²) in [4.78, 5) is 23.4. The van der Waals surface area contributed by atoms with Gasteiger partial charge in [-0.3, -0.25) is 10.1 Å². The number of para-hydroxylation sites is 1. The number of ether oxygens (including phenoxy) is 1. The van der Waals surface area contributed by atoms with Gasteiger partial charge in [0.25, 0.3) is 5.91 Å². The fourth-order valence-electron chi connectivity index (χ4n) is 1.97. The van der Waals surface area contributed by atoms with Crippen molar-refractivity contribution in [1.29, 1.82) is 0 Å². The lowest BCUT2D eigenvalue weighted by Crippen LogP contribution is -2.37. The van der Waals surface area contributed by atoms with Crippen molar-refractivity contribution >= 4 is 17.6 Å². The van der Waals surface area contributed by atoms with E-state index in [-0.39, 0.29) is 6.61 Å². The minimum atomic E-state index is -0.617. The van der Waals surface area contributed by atoms with Gasteiger partial charge in [-0.05, 0) is 46.8 Å². The van der Waals surface area contributed by atoms with Crippen molar-refractivity contribution in [2.75, 3.05) is 11.9 Å². The zero-order valence-electron chi connectivity index (χ0n) is 13.0. The Balaban J connectivity index is 1.46. The lowest BCUT2D eigenvalue weighted by atomic mass is 10.3. The number of aromatic nitrogens is 4. The van der Waals surface area contributed by atoms with Gasteiger partial charge in [0.2, 0.25) is 0 Å². The number of hydrogen-bond acceptors (Lipinski definition) is 6. The maximum atomic E-state index is 11.7. The number of nitrogens with zero attached hydrogens (tertiary/aromatic N) is 4. The summed E-state index contributed by atoms with van der Waals surface area (Å²) in [6.45, 7) is -0.285. The topological polar surface area (TPSA) is 111 Å². The standard InChI is InChI=1S/C16H14N6O3/c23-15(19-16(24)18-12-4-2-1-3-5-12)10-25-14-8-6-13(7-9-14)22-11-17-20-21-22/h1-9,11H,10H2,(H2,18,19,23,24). The van der Waals surface area contributed by atoms with Crippen molar-refractivity contribution < 1.29 is 14.3 Å². The van der Waals surface area contributed by atoms with Crippen molar-refractivity contribution in [2.24, 2.45) is 0 Å². The first kappa shape index (κ1) is 16.1. The second-order valence-electron chi connectivity index (χ2n) is 4.91. The molecule has 0 saturated carbocycles. The molecule has 3 rings (SSSR count). The van der Waals surface area contributed by atoms with Gasteiger partial charge < -0.3 is 10.1 Å². The normalized spacial score (nSPS) is 10.1. The first-order valence-electron chi connectivity index (χ1n) is 7.33. The van der Waals surface area contributed by atoms with Crippen molar-refractivity contribution in [2.45, 2.75) is 0 Å². The summed E-state index contributed by atoms with van der Waals surface area (Å²) >= 11 is 0. The van der Waals surface area contributed by atoms with E-state index in [1.165, 1.54) is 11.0 Å². The van der Waals surface area contributed by atoms with Crippen LogP contribution in [0.1, 0.15) is 0 Å². The molecule has 0 unspecified atom stereocenters. The van der Waals surface area contributed by atoms with Crippen LogP contribution in [0.4, 0.5) is 10.5 Å². The number of benzene rings is 2. The zero-order chi connectivity index (χ0) is 17.5. The van der Waals surface area contributed by atoms with E-state index < -0.39 is 11.9 Å². The molecule has 25 heavy (non-hydrogen) atoms. The van der Waals surface area contributed by atoms with Crippen LogP contribution in [0.3, 0.4) is 0 Å². The van der Waals surface area contributed by atoms with E-state index in [2.05, 4.69) is 26.2 Å². The summed E-state index contributed by atoms with van der Waals surface area (Å²) in [5.41, 5.74) is 1.34. The van der Waals surface area contributed by atoms with Crippen LogP contribution in [0.25, 0.3) is 5.69 Å². The monoisotopic (exact) mass is 338 g/mol. The summed E-state index contributed by atoms with van der Waals surface area (Å²) < 4.78 is 6.83. The summed E-state index contributed by atoms with van der Waals surface area (Å²) in [6.07, 6.45) is 1.47. The Hall–Kier alpha value is -3.75. The highest BCUT2D eigenvalue weighted by Crippen LogP contribution is 2.14. The molecule has 0 fully saturated rings. The molecule has 2 N–H and O–H groups in total. The second-order valence-corrected chi connectivity index (χ2v) is 4.91. The molecule has 1 aromatic heterocycles. The van der Waals surface area contributed by atoms with Crippen LogP contribution in [0.2, 0.25) is 0 Å². The number of carbonyl (C=O) groups excluding carboxylic acids is 2. The van der Waals surface area contributed by atoms with Crippen LogP contribution in [-0.2, 0) is 4.79 Å². The van der Waals surface area contributed by atoms with Gasteiger partial charge in [0.15, 0.2) is 6.61 Å². The van der Waals surface area contributed by atoms with Gasteiger partial charge in [0, 0.05) is 5.69 Å². The third-order valence-corrected chi connectivity index (χ3v) is 3.10. The molecule has 0 bridgehead atoms. The lowest BCUT2D eigenvalue weighted by Gasteiger charge is -2.08. The summed E-state index contributed by atoms with van der Waals surface area (Å²) in [5, 5.41) is 15.6. The Bertz CT molecular complexity index is 834. The van der Waals surface area contributed by atoms with E-state index in [1.54, 1.807) is 48.5 Å². The molecule has 0 spiro atoms. The van der Waals surface area contributed by atoms with Crippen LogP contribution < -0.4 is 15.4 Å². The Morgan fingerprint density at radius 2 is 1.80 bits per heavy atom. The third kappa shape index (κ3) is 4.61. The number of nitrogens with one attached hydrogen (secondary N) is 2. The van der Waals surface area contributed by atoms with Crippen LogP contribution in [0, 0.1) is 0 Å². The molecule has 0 aliphatic rings. The zero-order valence-corrected chi connectivity index (χ0v) is 13.0. The van der Waals surface area contributed by atoms with Crippen molar-refractivity contribution in [1.82, 2.24) is 25.5 Å². The molecule has 0 aliphatic heterocycles. The molecule has 3 amide bonds. The molecule has 9 heteroatoms. The molecule has 0 atom stereocenters. The maximum Gasteiger partial charge on any atom is 0.325 e. The predicted molar refractivity (Wildman–Crippen MR) is 88.3 cm³/mol. The highest BCUT2D eigenvalue weighted by atomic mass is 16.5. The van der Waals surface area contributed by atoms with Gasteiger partial charge >= 0.3 is 6.03 Å². The molecule has 0 aliphatic carbocycles. The Morgan fingerprint density at radius 1 is 1.04 bits per heavy atom. The van der Waals surface area contributed by atoms with E-state index in [0.29, 0.717) is 11.4 Å². The van der Waals surface area contributed by atoms with Gasteiger partial charge in [0.1, 0.15) is 12.1 Å². The van der Waals surface area contributed by atoms with Crippen LogP contribution in [-0.4, -0.2) is 38.8 Å². The first-order valence-corrected chi connectivity index (χ1v) is 7.33. The molecule has 126 valence electrons. The Morgan fingerprint density at radius 3 is 2.48 bits per heavy atom. The van der Waals surface area contributed by atoms with Gasteiger partial charge in [0.05, 0.1) is 5.69 Å².